The zero-order chi connectivity index (χ0) is 19.8. The van der Waals surface area contributed by atoms with Gasteiger partial charge in [0.05, 0.1) is 22.8 Å². The molecule has 0 aliphatic rings. The van der Waals surface area contributed by atoms with Gasteiger partial charge in [-0.2, -0.15) is 30.0 Å². The van der Waals surface area contributed by atoms with Gasteiger partial charge in [0.25, 0.3) is 20.2 Å². The molecule has 0 heterocycles. The van der Waals surface area contributed by atoms with E-state index in [9.17, 15) is 30.0 Å². The quantitative estimate of drug-likeness (QED) is 0.245. The van der Waals surface area contributed by atoms with E-state index in [2.05, 4.69) is 0 Å². The van der Waals surface area contributed by atoms with E-state index in [1.165, 1.54) is 0 Å². The number of halogens is 3. The van der Waals surface area contributed by atoms with Crippen molar-refractivity contribution in [3.8, 4) is 0 Å². The van der Waals surface area contributed by atoms with E-state index in [1.807, 2.05) is 0 Å². The van der Waals surface area contributed by atoms with E-state index in [0.717, 1.165) is 25.0 Å². The van der Waals surface area contributed by atoms with Crippen LogP contribution in [0.4, 0.5) is 13.2 Å². The standard InChI is InChI=1S/C15H21F3O6S2.Na/c16-15(17,18)13-7-9-14(10-8-13)26(22,23)24-11-5-3-1-2-4-6-12-25(19,20)21;/h7-10H,1-6,11-12H2,(H,19,20,21);. The maximum atomic E-state index is 12.5. The number of hydrogen-bond acceptors (Lipinski definition) is 5. The molecule has 12 heteroatoms. The smallest absolute Gasteiger partial charge is 0.286 e. The second kappa shape index (κ2) is 11.7. The molecular weight excluding hydrogens is 420 g/mol. The average Bonchev–Trinajstić information content (AvgIpc) is 2.51. The van der Waals surface area contributed by atoms with Crippen LogP contribution in [-0.2, 0) is 30.6 Å². The Hall–Kier alpha value is -0.170. The summed E-state index contributed by atoms with van der Waals surface area (Å²) in [5.41, 5.74) is -0.939. The van der Waals surface area contributed by atoms with Crippen LogP contribution < -0.4 is 0 Å². The molecule has 1 radical (unpaired) electrons. The SMILES string of the molecule is O=S(=O)(O)CCCCCCCCOS(=O)(=O)c1ccc(C(F)(F)F)cc1.[Na]. The Bertz CT molecular complexity index is 762. The van der Waals surface area contributed by atoms with Gasteiger partial charge in [-0.1, -0.05) is 25.7 Å². The predicted molar refractivity (Wildman–Crippen MR) is 94.5 cm³/mol. The van der Waals surface area contributed by atoms with Crippen molar-refractivity contribution in [1.82, 2.24) is 0 Å². The minimum atomic E-state index is -4.54. The molecule has 6 nitrogen and oxygen atoms in total. The van der Waals surface area contributed by atoms with E-state index < -0.39 is 32.0 Å². The maximum Gasteiger partial charge on any atom is 0.416 e. The molecule has 0 bridgehead atoms. The molecule has 0 spiro atoms. The van der Waals surface area contributed by atoms with Crippen LogP contribution in [0.15, 0.2) is 29.2 Å². The van der Waals surface area contributed by atoms with E-state index in [0.29, 0.717) is 37.8 Å². The van der Waals surface area contributed by atoms with Crippen LogP contribution in [0.1, 0.15) is 44.1 Å². The number of alkyl halides is 3. The summed E-state index contributed by atoms with van der Waals surface area (Å²) in [6, 6.07) is 3.08. The van der Waals surface area contributed by atoms with E-state index in [-0.39, 0.29) is 46.8 Å². The zero-order valence-electron chi connectivity index (χ0n) is 14.9. The molecule has 1 rings (SSSR count). The van der Waals surface area contributed by atoms with Crippen molar-refractivity contribution in [2.45, 2.75) is 49.6 Å². The fourth-order valence-corrected chi connectivity index (χ4v) is 3.65. The topological polar surface area (TPSA) is 97.7 Å². The molecule has 151 valence electrons. The van der Waals surface area contributed by atoms with Gasteiger partial charge in [0, 0.05) is 29.6 Å². The first-order valence-corrected chi connectivity index (χ1v) is 11.0. The largest absolute Gasteiger partial charge is 0.416 e. The molecule has 0 aromatic heterocycles. The van der Waals surface area contributed by atoms with Crippen LogP contribution >= 0.6 is 0 Å². The van der Waals surface area contributed by atoms with Crippen LogP contribution in [0.25, 0.3) is 0 Å². The average molecular weight is 441 g/mol. The van der Waals surface area contributed by atoms with Crippen molar-refractivity contribution < 1.29 is 38.7 Å². The molecule has 0 atom stereocenters. The predicted octanol–water partition coefficient (Wildman–Crippen LogP) is 3.26. The van der Waals surface area contributed by atoms with Crippen molar-refractivity contribution >= 4 is 49.8 Å². The molecule has 0 unspecified atom stereocenters. The van der Waals surface area contributed by atoms with E-state index in [1.54, 1.807) is 0 Å². The van der Waals surface area contributed by atoms with Crippen LogP contribution in [0.2, 0.25) is 0 Å². The monoisotopic (exact) mass is 441 g/mol. The third-order valence-corrected chi connectivity index (χ3v) is 5.64. The molecule has 27 heavy (non-hydrogen) atoms. The second-order valence-electron chi connectivity index (χ2n) is 5.71. The van der Waals surface area contributed by atoms with Crippen LogP contribution in [-0.4, -0.2) is 63.3 Å². The van der Waals surface area contributed by atoms with Gasteiger partial charge in [-0.05, 0) is 37.1 Å². The summed E-state index contributed by atoms with van der Waals surface area (Å²) in [6.45, 7) is -0.0889. The number of benzene rings is 1. The van der Waals surface area contributed by atoms with Gasteiger partial charge in [-0.3, -0.25) is 8.74 Å². The number of hydrogen-bond donors (Lipinski definition) is 1. The Kier molecular flexibility index (Phi) is 11.7. The number of unbranched alkanes of at least 4 members (excludes halogenated alkanes) is 5. The summed E-state index contributed by atoms with van der Waals surface area (Å²) in [7, 11) is -8.03. The summed E-state index contributed by atoms with van der Waals surface area (Å²) in [5, 5.41) is 0. The van der Waals surface area contributed by atoms with E-state index in [4.69, 9.17) is 8.74 Å². The molecule has 0 fully saturated rings. The van der Waals surface area contributed by atoms with Gasteiger partial charge in [0.2, 0.25) is 0 Å². The van der Waals surface area contributed by atoms with E-state index >= 15 is 0 Å². The first-order chi connectivity index (χ1) is 11.9. The van der Waals surface area contributed by atoms with Crippen molar-refractivity contribution in [3.63, 3.8) is 0 Å². The Labute approximate surface area is 179 Å². The van der Waals surface area contributed by atoms with Gasteiger partial charge >= 0.3 is 6.18 Å². The third-order valence-electron chi connectivity index (χ3n) is 3.51. The van der Waals surface area contributed by atoms with Crippen LogP contribution in [0.5, 0.6) is 0 Å². The minimum Gasteiger partial charge on any atom is -0.286 e. The van der Waals surface area contributed by atoms with Gasteiger partial charge in [-0.25, -0.2) is 0 Å². The first kappa shape index (κ1) is 26.8. The molecule has 0 saturated carbocycles. The van der Waals surface area contributed by atoms with Gasteiger partial charge in [0.15, 0.2) is 0 Å². The fraction of sp³-hybridized carbons (Fsp3) is 0.600. The van der Waals surface area contributed by atoms with Gasteiger partial charge < -0.3 is 0 Å². The van der Waals surface area contributed by atoms with Gasteiger partial charge in [-0.15, -0.1) is 0 Å². The maximum absolute atomic E-state index is 12.5. The summed E-state index contributed by atoms with van der Waals surface area (Å²) in [6.07, 6.45) is -0.963. The normalized spacial score (nSPS) is 12.6. The Morgan fingerprint density at radius 3 is 1.81 bits per heavy atom. The second-order valence-corrected chi connectivity index (χ2v) is 8.89. The summed E-state index contributed by atoms with van der Waals surface area (Å²) in [4.78, 5) is -0.337. The first-order valence-electron chi connectivity index (χ1n) is 7.94. The Balaban J connectivity index is 0.00000676. The number of rotatable bonds is 11. The summed E-state index contributed by atoms with van der Waals surface area (Å²) in [5.74, 6) is -0.276. The molecule has 0 aliphatic heterocycles. The molecule has 1 aromatic rings. The molecule has 0 amide bonds. The van der Waals surface area contributed by atoms with Crippen molar-refractivity contribution in [2.75, 3.05) is 12.4 Å². The van der Waals surface area contributed by atoms with Crippen LogP contribution in [0, 0.1) is 0 Å². The fourth-order valence-electron chi connectivity index (χ4n) is 2.14. The summed E-state index contributed by atoms with van der Waals surface area (Å²) < 4.78 is 95.5. The van der Waals surface area contributed by atoms with Gasteiger partial charge in [0.1, 0.15) is 0 Å². The molecule has 0 aliphatic carbocycles. The third kappa shape index (κ3) is 11.4. The molecule has 0 saturated heterocycles. The van der Waals surface area contributed by atoms with Crippen molar-refractivity contribution in [1.29, 1.82) is 0 Å². The summed E-state index contributed by atoms with van der Waals surface area (Å²) >= 11 is 0. The molecular formula is C15H21F3NaO6S2. The van der Waals surface area contributed by atoms with Crippen LogP contribution in [0.3, 0.4) is 0 Å². The minimum absolute atomic E-state index is 0. The molecule has 1 N–H and O–H groups in total. The van der Waals surface area contributed by atoms with Crippen molar-refractivity contribution in [3.05, 3.63) is 29.8 Å². The Morgan fingerprint density at radius 2 is 1.33 bits per heavy atom. The zero-order valence-corrected chi connectivity index (χ0v) is 18.5. The Morgan fingerprint density at radius 1 is 0.852 bits per heavy atom. The molecule has 1 aromatic carbocycles. The van der Waals surface area contributed by atoms with Crippen molar-refractivity contribution in [2.24, 2.45) is 0 Å².